The summed E-state index contributed by atoms with van der Waals surface area (Å²) in [5.41, 5.74) is 7.20. The summed E-state index contributed by atoms with van der Waals surface area (Å²) >= 11 is 1.69. The van der Waals surface area contributed by atoms with Crippen molar-refractivity contribution in [2.45, 2.75) is 50.2 Å². The Hall–Kier alpha value is -2.10. The van der Waals surface area contributed by atoms with Crippen molar-refractivity contribution in [3.05, 3.63) is 39.4 Å². The molecule has 4 unspecified atom stereocenters. The summed E-state index contributed by atoms with van der Waals surface area (Å²) in [6.45, 7) is 0.572. The largest absolute Gasteiger partial charge is 0.355 e. The number of nitrogens with one attached hydrogen (secondary N) is 3. The van der Waals surface area contributed by atoms with Gasteiger partial charge < -0.3 is 5.32 Å². The third-order valence-electron chi connectivity index (χ3n) is 5.51. The van der Waals surface area contributed by atoms with Crippen LogP contribution < -0.4 is 16.2 Å². The summed E-state index contributed by atoms with van der Waals surface area (Å²) < 4.78 is 1.18. The monoisotopic (exact) mass is 389 g/mol. The average molecular weight is 389 g/mol. The molecule has 1 amide bonds. The molecule has 8 nitrogen and oxygen atoms in total. The molecule has 1 aliphatic heterocycles. The molecule has 4 rings (SSSR count). The van der Waals surface area contributed by atoms with Crippen molar-refractivity contribution in [2.24, 2.45) is 5.92 Å². The van der Waals surface area contributed by atoms with Crippen molar-refractivity contribution >= 4 is 27.5 Å². The molecule has 2 aliphatic rings. The third-order valence-corrected chi connectivity index (χ3v) is 6.61. The van der Waals surface area contributed by atoms with Gasteiger partial charge in [-0.05, 0) is 25.0 Å². The van der Waals surface area contributed by atoms with E-state index in [9.17, 15) is 14.9 Å². The summed E-state index contributed by atoms with van der Waals surface area (Å²) in [7, 11) is 0. The first-order chi connectivity index (χ1) is 13.1. The highest BCUT2D eigenvalue weighted by molar-refractivity contribution is 7.18. The van der Waals surface area contributed by atoms with E-state index in [0.717, 1.165) is 29.8 Å². The zero-order valence-corrected chi connectivity index (χ0v) is 15.7. The van der Waals surface area contributed by atoms with E-state index in [-0.39, 0.29) is 22.8 Å². The van der Waals surface area contributed by atoms with Gasteiger partial charge in [0.2, 0.25) is 11.9 Å². The Morgan fingerprint density at radius 3 is 3.00 bits per heavy atom. The van der Waals surface area contributed by atoms with Gasteiger partial charge in [-0.1, -0.05) is 12.1 Å². The molecule has 3 N–H and O–H groups in total. The van der Waals surface area contributed by atoms with Crippen LogP contribution in [0.3, 0.4) is 0 Å². The first kappa shape index (κ1) is 18.3. The molecule has 1 aliphatic carbocycles. The number of nitrogens with zero attached hydrogens (tertiary/aromatic N) is 2. The highest BCUT2D eigenvalue weighted by atomic mass is 32.1. The number of hydrazine groups is 1. The van der Waals surface area contributed by atoms with Crippen LogP contribution in [0.5, 0.6) is 0 Å². The lowest BCUT2D eigenvalue weighted by atomic mass is 9.79. The maximum atomic E-state index is 12.5. The standard InChI is InChI=1S/C18H23N5O3S/c24-18(17-12-10-11(23(25)26)7-8-13(12)21-22-17)19-9-3-6-16-20-14-4-1-2-5-15(14)27-16/h1-2,4-5,11-13,17,21-22H,3,6-10H2,(H,19,24). The molecule has 1 aromatic carbocycles. The van der Waals surface area contributed by atoms with E-state index in [1.807, 2.05) is 18.2 Å². The first-order valence-corrected chi connectivity index (χ1v) is 10.2. The molecule has 1 aromatic heterocycles. The number of benzene rings is 1. The summed E-state index contributed by atoms with van der Waals surface area (Å²) in [5.74, 6) is -0.110. The Labute approximate surface area is 160 Å². The highest BCUT2D eigenvalue weighted by Crippen LogP contribution is 2.31. The number of carbonyl (C=O) groups is 1. The predicted molar refractivity (Wildman–Crippen MR) is 103 cm³/mol. The Kier molecular flexibility index (Phi) is 5.33. The van der Waals surface area contributed by atoms with Gasteiger partial charge in [-0.3, -0.25) is 20.3 Å². The minimum absolute atomic E-state index is 0.0292. The SMILES string of the molecule is O=C(NCCCc1nc2ccccc2s1)C1NNC2CCC([N+](=O)[O-])CC21. The van der Waals surface area contributed by atoms with Gasteiger partial charge in [-0.25, -0.2) is 10.4 Å². The van der Waals surface area contributed by atoms with Crippen molar-refractivity contribution in [3.63, 3.8) is 0 Å². The van der Waals surface area contributed by atoms with Crippen LogP contribution in [0.1, 0.15) is 30.7 Å². The number of thiazole rings is 1. The molecule has 144 valence electrons. The predicted octanol–water partition coefficient (Wildman–Crippen LogP) is 1.64. The molecular formula is C18H23N5O3S. The lowest BCUT2D eigenvalue weighted by Gasteiger charge is -2.28. The van der Waals surface area contributed by atoms with E-state index >= 15 is 0 Å². The number of para-hydroxylation sites is 1. The first-order valence-electron chi connectivity index (χ1n) is 9.38. The van der Waals surface area contributed by atoms with Crippen molar-refractivity contribution in [1.82, 2.24) is 21.2 Å². The van der Waals surface area contributed by atoms with E-state index < -0.39 is 12.1 Å². The average Bonchev–Trinajstić information content (AvgIpc) is 3.27. The second kappa shape index (κ2) is 7.87. The van der Waals surface area contributed by atoms with E-state index in [2.05, 4.69) is 27.2 Å². The summed E-state index contributed by atoms with van der Waals surface area (Å²) in [4.78, 5) is 28.0. The molecule has 9 heteroatoms. The fourth-order valence-corrected chi connectivity index (χ4v) is 5.08. The molecule has 27 heavy (non-hydrogen) atoms. The number of rotatable bonds is 6. The molecule has 4 atom stereocenters. The lowest BCUT2D eigenvalue weighted by Crippen LogP contribution is -2.47. The number of hydrogen-bond donors (Lipinski definition) is 3. The quantitative estimate of drug-likeness (QED) is 0.394. The van der Waals surface area contributed by atoms with Crippen LogP contribution in [-0.2, 0) is 11.2 Å². The normalized spacial score (nSPS) is 27.4. The van der Waals surface area contributed by atoms with E-state index in [1.54, 1.807) is 11.3 Å². The fourth-order valence-electron chi connectivity index (χ4n) is 4.07. The van der Waals surface area contributed by atoms with Gasteiger partial charge in [0.1, 0.15) is 6.04 Å². The molecule has 0 bridgehead atoms. The van der Waals surface area contributed by atoms with Gasteiger partial charge >= 0.3 is 0 Å². The van der Waals surface area contributed by atoms with Crippen LogP contribution in [-0.4, -0.2) is 40.5 Å². The Bertz CT molecular complexity index is 808. The number of amides is 1. The van der Waals surface area contributed by atoms with Crippen molar-refractivity contribution < 1.29 is 9.72 Å². The van der Waals surface area contributed by atoms with Gasteiger partial charge in [0.05, 0.1) is 15.2 Å². The van der Waals surface area contributed by atoms with Crippen LogP contribution >= 0.6 is 11.3 Å². The van der Waals surface area contributed by atoms with Crippen LogP contribution in [0, 0.1) is 16.0 Å². The highest BCUT2D eigenvalue weighted by Gasteiger charge is 2.46. The summed E-state index contributed by atoms with van der Waals surface area (Å²) in [6, 6.07) is 7.26. The smallest absolute Gasteiger partial charge is 0.238 e. The van der Waals surface area contributed by atoms with Crippen molar-refractivity contribution in [3.8, 4) is 0 Å². The lowest BCUT2D eigenvalue weighted by molar-refractivity contribution is -0.528. The zero-order valence-electron chi connectivity index (χ0n) is 14.9. The molecule has 1 saturated heterocycles. The molecule has 2 fully saturated rings. The second-order valence-corrected chi connectivity index (χ2v) is 8.37. The maximum absolute atomic E-state index is 12.5. The summed E-state index contributed by atoms with van der Waals surface area (Å²) in [5, 5.41) is 15.1. The number of fused-ring (bicyclic) bond motifs is 2. The van der Waals surface area contributed by atoms with Crippen LogP contribution in [0.2, 0.25) is 0 Å². The number of nitro groups is 1. The van der Waals surface area contributed by atoms with Crippen molar-refractivity contribution in [2.75, 3.05) is 6.54 Å². The van der Waals surface area contributed by atoms with Gasteiger partial charge in [-0.2, -0.15) is 0 Å². The Morgan fingerprint density at radius 1 is 1.33 bits per heavy atom. The molecule has 0 spiro atoms. The van der Waals surface area contributed by atoms with Crippen molar-refractivity contribution in [1.29, 1.82) is 0 Å². The topological polar surface area (TPSA) is 109 Å². The zero-order chi connectivity index (χ0) is 18.8. The molecule has 2 aromatic rings. The number of aromatic nitrogens is 1. The third kappa shape index (κ3) is 3.95. The van der Waals surface area contributed by atoms with Gasteiger partial charge in [0.25, 0.3) is 0 Å². The fraction of sp³-hybridized carbons (Fsp3) is 0.556. The number of hydrogen-bond acceptors (Lipinski definition) is 7. The van der Waals surface area contributed by atoms with Gasteiger partial charge in [-0.15, -0.1) is 11.3 Å². The summed E-state index contributed by atoms with van der Waals surface area (Å²) in [6.07, 6.45) is 3.38. The minimum atomic E-state index is -0.540. The second-order valence-electron chi connectivity index (χ2n) is 7.26. The maximum Gasteiger partial charge on any atom is 0.238 e. The van der Waals surface area contributed by atoms with Crippen LogP contribution in [0.25, 0.3) is 10.2 Å². The molecule has 1 saturated carbocycles. The minimum Gasteiger partial charge on any atom is -0.355 e. The van der Waals surface area contributed by atoms with E-state index in [0.29, 0.717) is 19.4 Å². The van der Waals surface area contributed by atoms with Crippen LogP contribution in [0.15, 0.2) is 24.3 Å². The van der Waals surface area contributed by atoms with E-state index in [4.69, 9.17) is 0 Å². The molecule has 2 heterocycles. The Balaban J connectivity index is 1.26. The Morgan fingerprint density at radius 2 is 2.19 bits per heavy atom. The molecule has 0 radical (unpaired) electrons. The van der Waals surface area contributed by atoms with Crippen LogP contribution in [0.4, 0.5) is 0 Å². The van der Waals surface area contributed by atoms with E-state index in [1.165, 1.54) is 4.70 Å². The van der Waals surface area contributed by atoms with Gasteiger partial charge in [0, 0.05) is 42.7 Å². The number of carbonyl (C=O) groups excluding carboxylic acids is 1. The molecular weight excluding hydrogens is 366 g/mol. The number of aryl methyl sites for hydroxylation is 1. The van der Waals surface area contributed by atoms with Gasteiger partial charge in [0.15, 0.2) is 0 Å².